The summed E-state index contributed by atoms with van der Waals surface area (Å²) < 4.78 is 34.6. The molecule has 2 unspecified atom stereocenters. The van der Waals surface area contributed by atoms with Crippen LogP contribution in [0.15, 0.2) is 97.2 Å². The minimum absolute atomic E-state index is 0.0314. The number of ether oxygens (including phenoxy) is 2. The van der Waals surface area contributed by atoms with Crippen molar-refractivity contribution in [3.8, 4) is 0 Å². The second-order valence-corrected chi connectivity index (χ2v) is 24.9. The van der Waals surface area contributed by atoms with Gasteiger partial charge in [-0.3, -0.25) is 18.6 Å². The number of phosphoric ester groups is 1. The van der Waals surface area contributed by atoms with Crippen LogP contribution in [0.3, 0.4) is 0 Å². The number of hydrogen-bond donors (Lipinski definition) is 1. The van der Waals surface area contributed by atoms with E-state index in [4.69, 9.17) is 18.5 Å². The van der Waals surface area contributed by atoms with Gasteiger partial charge in [-0.2, -0.15) is 0 Å². The summed E-state index contributed by atoms with van der Waals surface area (Å²) in [6.07, 6.45) is 85.0. The summed E-state index contributed by atoms with van der Waals surface area (Å²) in [6, 6.07) is 0. The standard InChI is InChI=1S/C71H126NO8P/c1-6-8-10-12-14-16-18-20-22-24-25-26-27-28-29-30-31-32-33-34-35-36-37-38-39-40-41-42-43-44-45-46-47-48-50-52-54-56-58-60-62-64-71(74)80-69(68-79-81(75,76)78-66-65-72(3,4)5)67-77-70(73)63-61-59-57-55-53-51-49-23-21-19-17-15-13-11-9-7-2/h8,10,14,16,20,22,25-26,28-29,31-32,34-35,37-38,69H,6-7,9,11-13,15,17-19,21,23-24,27,30,33,36,39-68H2,1-5H3/p+1/b10-8-,16-14-,22-20-,26-25-,29-28-,32-31-,35-34-,38-37-. The number of rotatable bonds is 61. The molecule has 0 saturated heterocycles. The highest BCUT2D eigenvalue weighted by Crippen LogP contribution is 2.43. The van der Waals surface area contributed by atoms with E-state index in [1.165, 1.54) is 173 Å². The largest absolute Gasteiger partial charge is 0.472 e. The van der Waals surface area contributed by atoms with Crippen molar-refractivity contribution in [1.82, 2.24) is 0 Å². The lowest BCUT2D eigenvalue weighted by Crippen LogP contribution is -2.37. The van der Waals surface area contributed by atoms with E-state index in [2.05, 4.69) is 111 Å². The van der Waals surface area contributed by atoms with Crippen LogP contribution in [0.4, 0.5) is 0 Å². The topological polar surface area (TPSA) is 108 Å². The first-order valence-corrected chi connectivity index (χ1v) is 35.0. The van der Waals surface area contributed by atoms with Crippen molar-refractivity contribution in [2.24, 2.45) is 0 Å². The molecular formula is C71H127NO8P+. The first-order valence-electron chi connectivity index (χ1n) is 33.5. The van der Waals surface area contributed by atoms with Crippen LogP contribution in [-0.2, 0) is 32.7 Å². The minimum atomic E-state index is -4.39. The van der Waals surface area contributed by atoms with E-state index >= 15 is 0 Å². The lowest BCUT2D eigenvalue weighted by atomic mass is 10.0. The average Bonchev–Trinajstić information content (AvgIpc) is 3.43. The normalized spacial score (nSPS) is 13.8. The van der Waals surface area contributed by atoms with E-state index in [0.717, 1.165) is 83.5 Å². The Kier molecular flexibility index (Phi) is 59.2. The smallest absolute Gasteiger partial charge is 0.462 e. The van der Waals surface area contributed by atoms with Crippen LogP contribution in [0.2, 0.25) is 0 Å². The van der Waals surface area contributed by atoms with Gasteiger partial charge in [0, 0.05) is 12.8 Å². The van der Waals surface area contributed by atoms with Gasteiger partial charge in [0.2, 0.25) is 0 Å². The lowest BCUT2D eigenvalue weighted by Gasteiger charge is -2.24. The minimum Gasteiger partial charge on any atom is -0.462 e. The summed E-state index contributed by atoms with van der Waals surface area (Å²) in [7, 11) is 1.48. The lowest BCUT2D eigenvalue weighted by molar-refractivity contribution is -0.870. The molecule has 0 aliphatic heterocycles. The summed E-state index contributed by atoms with van der Waals surface area (Å²) in [5.74, 6) is -0.787. The number of quaternary nitrogens is 1. The molecule has 0 fully saturated rings. The van der Waals surface area contributed by atoms with Crippen LogP contribution in [0.25, 0.3) is 0 Å². The van der Waals surface area contributed by atoms with E-state index in [-0.39, 0.29) is 25.6 Å². The van der Waals surface area contributed by atoms with Gasteiger partial charge in [0.1, 0.15) is 19.8 Å². The SMILES string of the molecule is CC/C=C\C/C=C\C/C=C\C/C=C\C/C=C\C/C=C\C/C=C\C/C=C\CCCCCCCCCCCCCCCCCCC(=O)OC(COC(=O)CCCCCCCCCCCCCCCCCC)COP(=O)(O)OCC[N+](C)(C)C. The highest BCUT2D eigenvalue weighted by molar-refractivity contribution is 7.47. The quantitative estimate of drug-likeness (QED) is 0.0211. The van der Waals surface area contributed by atoms with Gasteiger partial charge in [-0.25, -0.2) is 4.57 Å². The van der Waals surface area contributed by atoms with Crippen molar-refractivity contribution >= 4 is 19.8 Å². The zero-order valence-corrected chi connectivity index (χ0v) is 54.1. The number of phosphoric acid groups is 1. The highest BCUT2D eigenvalue weighted by Gasteiger charge is 2.27. The van der Waals surface area contributed by atoms with Crippen LogP contribution in [0.5, 0.6) is 0 Å². The Morgan fingerprint density at radius 2 is 0.704 bits per heavy atom. The van der Waals surface area contributed by atoms with E-state index in [1.807, 2.05) is 21.1 Å². The van der Waals surface area contributed by atoms with Crippen molar-refractivity contribution in [3.05, 3.63) is 97.2 Å². The molecule has 2 atom stereocenters. The molecule has 0 aromatic carbocycles. The fourth-order valence-corrected chi connectivity index (χ4v) is 10.0. The Hall–Kier alpha value is -3.07. The van der Waals surface area contributed by atoms with Crippen molar-refractivity contribution in [2.45, 2.75) is 296 Å². The van der Waals surface area contributed by atoms with Gasteiger partial charge in [-0.1, -0.05) is 297 Å². The summed E-state index contributed by atoms with van der Waals surface area (Å²) >= 11 is 0. The average molecular weight is 1150 g/mol. The van der Waals surface area contributed by atoms with Gasteiger partial charge >= 0.3 is 19.8 Å². The maximum atomic E-state index is 12.8. The third-order valence-electron chi connectivity index (χ3n) is 14.4. The Labute approximate surface area is 500 Å². The molecule has 0 aromatic heterocycles. The molecule has 81 heavy (non-hydrogen) atoms. The maximum Gasteiger partial charge on any atom is 0.472 e. The number of hydrogen-bond acceptors (Lipinski definition) is 7. The molecule has 0 aromatic rings. The van der Waals surface area contributed by atoms with Gasteiger partial charge in [0.15, 0.2) is 6.10 Å². The summed E-state index contributed by atoms with van der Waals surface area (Å²) in [6.45, 7) is 4.35. The summed E-state index contributed by atoms with van der Waals surface area (Å²) in [4.78, 5) is 35.7. The molecule has 0 aliphatic rings. The number of carbonyl (C=O) groups excluding carboxylic acids is 2. The molecule has 0 radical (unpaired) electrons. The van der Waals surface area contributed by atoms with Gasteiger partial charge < -0.3 is 18.9 Å². The number of unbranched alkanes of at least 4 members (excludes halogenated alkanes) is 31. The van der Waals surface area contributed by atoms with Gasteiger partial charge in [-0.15, -0.1) is 0 Å². The fraction of sp³-hybridized carbons (Fsp3) is 0.746. The van der Waals surface area contributed by atoms with E-state index in [0.29, 0.717) is 23.9 Å². The van der Waals surface area contributed by atoms with Gasteiger partial charge in [0.05, 0.1) is 27.7 Å². The van der Waals surface area contributed by atoms with E-state index < -0.39 is 26.5 Å². The molecule has 0 amide bonds. The van der Waals surface area contributed by atoms with E-state index in [9.17, 15) is 19.0 Å². The number of esters is 2. The van der Waals surface area contributed by atoms with Gasteiger partial charge in [0.25, 0.3) is 0 Å². The molecule has 0 heterocycles. The Morgan fingerprint density at radius 3 is 1.05 bits per heavy atom. The van der Waals surface area contributed by atoms with Crippen molar-refractivity contribution in [1.29, 1.82) is 0 Å². The molecule has 9 nitrogen and oxygen atoms in total. The van der Waals surface area contributed by atoms with Crippen LogP contribution in [0.1, 0.15) is 290 Å². The molecule has 1 N–H and O–H groups in total. The van der Waals surface area contributed by atoms with Crippen LogP contribution >= 0.6 is 7.82 Å². The Balaban J connectivity index is 3.98. The van der Waals surface area contributed by atoms with Crippen molar-refractivity contribution in [3.63, 3.8) is 0 Å². The Morgan fingerprint density at radius 1 is 0.395 bits per heavy atom. The second-order valence-electron chi connectivity index (χ2n) is 23.5. The number of likely N-dealkylation sites (N-methyl/N-ethyl adjacent to an activating group) is 1. The molecular weight excluding hydrogens is 1030 g/mol. The summed E-state index contributed by atoms with van der Waals surface area (Å²) in [5, 5.41) is 0. The molecule has 0 saturated carbocycles. The number of allylic oxidation sites excluding steroid dienone is 16. The summed E-state index contributed by atoms with van der Waals surface area (Å²) in [5.41, 5.74) is 0. The third-order valence-corrected chi connectivity index (χ3v) is 15.4. The molecule has 0 spiro atoms. The maximum absolute atomic E-state index is 12.8. The molecule has 0 rings (SSSR count). The predicted octanol–water partition coefficient (Wildman–Crippen LogP) is 21.5. The molecule has 468 valence electrons. The third kappa shape index (κ3) is 65.9. The van der Waals surface area contributed by atoms with Crippen LogP contribution in [0, 0.1) is 0 Å². The Bertz CT molecular complexity index is 1690. The van der Waals surface area contributed by atoms with Crippen LogP contribution < -0.4 is 0 Å². The van der Waals surface area contributed by atoms with Crippen LogP contribution in [-0.4, -0.2) is 74.9 Å². The fourth-order valence-electron chi connectivity index (χ4n) is 9.27. The first-order chi connectivity index (χ1) is 39.5. The van der Waals surface area contributed by atoms with E-state index in [1.54, 1.807) is 0 Å². The first kappa shape index (κ1) is 77.9. The van der Waals surface area contributed by atoms with Crippen molar-refractivity contribution in [2.75, 3.05) is 47.5 Å². The zero-order chi connectivity index (χ0) is 59.1. The highest BCUT2D eigenvalue weighted by atomic mass is 31.2. The number of carbonyl (C=O) groups is 2. The monoisotopic (exact) mass is 1150 g/mol. The number of nitrogens with zero attached hydrogens (tertiary/aromatic N) is 1. The molecule has 10 heteroatoms. The molecule has 0 aliphatic carbocycles. The molecule has 0 bridgehead atoms. The second kappa shape index (κ2) is 61.5. The van der Waals surface area contributed by atoms with Gasteiger partial charge in [-0.05, 0) is 77.0 Å². The predicted molar refractivity (Wildman–Crippen MR) is 348 cm³/mol. The van der Waals surface area contributed by atoms with Crippen molar-refractivity contribution < 1.29 is 42.1 Å². The zero-order valence-electron chi connectivity index (χ0n) is 53.2.